The number of carbonyl (C=O) groups is 1. The van der Waals surface area contributed by atoms with E-state index in [1.54, 1.807) is 7.11 Å². The Balaban J connectivity index is 1.13. The Kier molecular flexibility index (Phi) is 6.76. The van der Waals surface area contributed by atoms with Crippen LogP contribution >= 0.6 is 0 Å². The van der Waals surface area contributed by atoms with Gasteiger partial charge in [-0.1, -0.05) is 30.3 Å². The van der Waals surface area contributed by atoms with E-state index in [2.05, 4.69) is 49.5 Å². The Bertz CT molecular complexity index is 1100. The number of amides is 1. The van der Waals surface area contributed by atoms with Crippen LogP contribution in [0.15, 0.2) is 66.0 Å². The molecule has 0 aromatic heterocycles. The predicted molar refractivity (Wildman–Crippen MR) is 133 cm³/mol. The van der Waals surface area contributed by atoms with Crippen LogP contribution in [0.1, 0.15) is 43.4 Å². The number of nitrogens with zero attached hydrogens (tertiary/aromatic N) is 3. The van der Waals surface area contributed by atoms with Gasteiger partial charge in [0.1, 0.15) is 23.5 Å². The first-order valence-electron chi connectivity index (χ1n) is 12.1. The first-order valence-corrected chi connectivity index (χ1v) is 12.1. The van der Waals surface area contributed by atoms with Crippen LogP contribution in [0.5, 0.6) is 11.5 Å². The molecule has 3 atom stereocenters. The molecule has 3 aliphatic rings. The maximum Gasteiger partial charge on any atom is 0.220 e. The average molecular weight is 477 g/mol. The number of para-hydroxylation sites is 1. The van der Waals surface area contributed by atoms with Gasteiger partial charge in [-0.3, -0.25) is 10.2 Å². The number of fused-ring (bicyclic) bond motifs is 3. The van der Waals surface area contributed by atoms with E-state index >= 15 is 0 Å². The molecule has 1 saturated heterocycles. The van der Waals surface area contributed by atoms with Crippen LogP contribution in [0.3, 0.4) is 0 Å². The number of carbonyl (C=O) groups excluding carboxylic acids is 1. The van der Waals surface area contributed by atoms with E-state index < -0.39 is 0 Å². The zero-order valence-electron chi connectivity index (χ0n) is 20.1. The van der Waals surface area contributed by atoms with Crippen LogP contribution in [0.25, 0.3) is 0 Å². The van der Waals surface area contributed by atoms with E-state index in [4.69, 9.17) is 9.47 Å². The van der Waals surface area contributed by atoms with E-state index in [1.165, 1.54) is 5.56 Å². The van der Waals surface area contributed by atoms with Crippen LogP contribution in [0.4, 0.5) is 0 Å². The van der Waals surface area contributed by atoms with Gasteiger partial charge in [-0.05, 0) is 37.1 Å². The molecule has 9 nitrogen and oxygen atoms in total. The van der Waals surface area contributed by atoms with Crippen molar-refractivity contribution in [1.29, 1.82) is 0 Å². The molecule has 2 aromatic carbocycles. The molecule has 3 N–H and O–H groups in total. The summed E-state index contributed by atoms with van der Waals surface area (Å²) < 4.78 is 10.9. The molecule has 0 radical (unpaired) electrons. The third-order valence-corrected chi connectivity index (χ3v) is 6.66. The largest absolute Gasteiger partial charge is 0.497 e. The molecule has 1 amide bonds. The van der Waals surface area contributed by atoms with E-state index in [1.807, 2.05) is 49.5 Å². The first kappa shape index (κ1) is 23.0. The summed E-state index contributed by atoms with van der Waals surface area (Å²) in [4.78, 5) is 14.7. The number of hydrogen-bond acceptors (Lipinski definition) is 8. The molecule has 35 heavy (non-hydrogen) atoms. The maximum absolute atomic E-state index is 12.5. The summed E-state index contributed by atoms with van der Waals surface area (Å²) in [6.07, 6.45) is 5.99. The third-order valence-electron chi connectivity index (χ3n) is 6.66. The van der Waals surface area contributed by atoms with Gasteiger partial charge in [-0.2, -0.15) is 5.10 Å². The first-order chi connectivity index (χ1) is 17.2. The van der Waals surface area contributed by atoms with Gasteiger partial charge in [0.2, 0.25) is 5.91 Å². The van der Waals surface area contributed by atoms with Gasteiger partial charge < -0.3 is 24.7 Å². The fraction of sp³-hybridized carbons (Fsp3) is 0.385. The number of hydrazine groups is 1. The monoisotopic (exact) mass is 476 g/mol. The van der Waals surface area contributed by atoms with E-state index in [-0.39, 0.29) is 24.2 Å². The van der Waals surface area contributed by atoms with Crippen molar-refractivity contribution in [2.24, 2.45) is 5.10 Å². The lowest BCUT2D eigenvalue weighted by Gasteiger charge is -2.37. The van der Waals surface area contributed by atoms with Crippen LogP contribution < -0.4 is 25.6 Å². The molecule has 3 aliphatic heterocycles. The molecule has 2 aromatic rings. The smallest absolute Gasteiger partial charge is 0.220 e. The second-order valence-electron chi connectivity index (χ2n) is 8.79. The molecule has 3 unspecified atom stereocenters. The SMILES string of the molecule is CCOc1ccccc1CNC(=O)CCC1=NNC2C3CC(c4ccc(OC)cc4)NN3C=CN12. The molecule has 1 fully saturated rings. The topological polar surface area (TPSA) is 90.5 Å². The van der Waals surface area contributed by atoms with E-state index in [0.717, 1.165) is 29.3 Å². The zero-order valence-corrected chi connectivity index (χ0v) is 20.1. The highest BCUT2D eigenvalue weighted by molar-refractivity contribution is 5.89. The lowest BCUT2D eigenvalue weighted by atomic mass is 9.99. The summed E-state index contributed by atoms with van der Waals surface area (Å²) in [5, 5.41) is 9.72. The van der Waals surface area contributed by atoms with Gasteiger partial charge in [-0.15, -0.1) is 0 Å². The van der Waals surface area contributed by atoms with Gasteiger partial charge in [0.05, 0.1) is 25.8 Å². The summed E-state index contributed by atoms with van der Waals surface area (Å²) in [7, 11) is 1.68. The number of ether oxygens (including phenoxy) is 2. The number of nitrogens with one attached hydrogen (secondary N) is 3. The standard InChI is InChI=1S/C26H32N6O3/c1-3-35-23-7-5-4-6-19(23)17-27-25(33)13-12-24-28-29-26-22-16-21(30-32(22)15-14-31(24)26)18-8-10-20(34-2)11-9-18/h4-11,14-15,21-22,26,29-30H,3,12-13,16-17H2,1-2H3,(H,27,33). The van der Waals surface area contributed by atoms with Crippen molar-refractivity contribution in [3.05, 3.63) is 72.1 Å². The van der Waals surface area contributed by atoms with Crippen LogP contribution in [0.2, 0.25) is 0 Å². The van der Waals surface area contributed by atoms with Crippen molar-refractivity contribution in [2.45, 2.75) is 51.0 Å². The molecule has 184 valence electrons. The Morgan fingerprint density at radius 2 is 2.00 bits per heavy atom. The van der Waals surface area contributed by atoms with Crippen LogP contribution in [0, 0.1) is 0 Å². The normalized spacial score (nSPS) is 22.2. The Morgan fingerprint density at radius 3 is 2.80 bits per heavy atom. The minimum atomic E-state index is -0.00725. The van der Waals surface area contributed by atoms with Crippen molar-refractivity contribution in [3.63, 3.8) is 0 Å². The van der Waals surface area contributed by atoms with Gasteiger partial charge >= 0.3 is 0 Å². The molecule has 9 heteroatoms. The highest BCUT2D eigenvalue weighted by Gasteiger charge is 2.44. The minimum absolute atomic E-state index is 0.00725. The summed E-state index contributed by atoms with van der Waals surface area (Å²) in [6.45, 7) is 2.99. The second-order valence-corrected chi connectivity index (χ2v) is 8.79. The summed E-state index contributed by atoms with van der Waals surface area (Å²) in [5.74, 6) is 2.54. The molecular formula is C26H32N6O3. The fourth-order valence-electron chi connectivity index (χ4n) is 4.82. The summed E-state index contributed by atoms with van der Waals surface area (Å²) in [6, 6.07) is 16.4. The van der Waals surface area contributed by atoms with Gasteiger partial charge in [0.25, 0.3) is 0 Å². The number of rotatable bonds is 9. The molecule has 5 rings (SSSR count). The minimum Gasteiger partial charge on any atom is -0.497 e. The summed E-state index contributed by atoms with van der Waals surface area (Å²) >= 11 is 0. The lowest BCUT2D eigenvalue weighted by molar-refractivity contribution is -0.121. The van der Waals surface area contributed by atoms with Gasteiger partial charge in [0, 0.05) is 37.3 Å². The van der Waals surface area contributed by atoms with Crippen molar-refractivity contribution in [2.75, 3.05) is 13.7 Å². The number of amidine groups is 1. The number of methoxy groups -OCH3 is 1. The van der Waals surface area contributed by atoms with E-state index in [0.29, 0.717) is 26.0 Å². The molecule has 0 bridgehead atoms. The molecule has 0 aliphatic carbocycles. The number of hydrogen-bond donors (Lipinski definition) is 3. The van der Waals surface area contributed by atoms with Crippen LogP contribution in [-0.4, -0.2) is 47.6 Å². The Hall–Kier alpha value is -3.72. The van der Waals surface area contributed by atoms with Crippen molar-refractivity contribution >= 4 is 11.7 Å². The summed E-state index contributed by atoms with van der Waals surface area (Å²) in [5.41, 5.74) is 9.07. The number of benzene rings is 2. The average Bonchev–Trinajstić information content (AvgIpc) is 3.51. The lowest BCUT2D eigenvalue weighted by Crippen LogP contribution is -2.54. The van der Waals surface area contributed by atoms with Crippen molar-refractivity contribution in [3.8, 4) is 11.5 Å². The van der Waals surface area contributed by atoms with Crippen molar-refractivity contribution in [1.82, 2.24) is 26.1 Å². The Labute approximate surface area is 205 Å². The molecular weight excluding hydrogens is 444 g/mol. The second kappa shape index (κ2) is 10.3. The highest BCUT2D eigenvalue weighted by atomic mass is 16.5. The van der Waals surface area contributed by atoms with Gasteiger partial charge in [-0.25, -0.2) is 5.43 Å². The third kappa shape index (κ3) is 4.90. The van der Waals surface area contributed by atoms with E-state index in [9.17, 15) is 4.79 Å². The predicted octanol–water partition coefficient (Wildman–Crippen LogP) is 2.84. The quantitative estimate of drug-likeness (QED) is 0.513. The molecule has 0 spiro atoms. The van der Waals surface area contributed by atoms with Gasteiger partial charge in [0.15, 0.2) is 0 Å². The number of hydrazone groups is 1. The zero-order chi connectivity index (χ0) is 24.2. The fourth-order valence-corrected chi connectivity index (χ4v) is 4.82. The Morgan fingerprint density at radius 1 is 1.17 bits per heavy atom. The van der Waals surface area contributed by atoms with Crippen molar-refractivity contribution < 1.29 is 14.3 Å². The maximum atomic E-state index is 12.5. The molecule has 0 saturated carbocycles. The molecule has 3 heterocycles. The van der Waals surface area contributed by atoms with Crippen LogP contribution in [-0.2, 0) is 11.3 Å². The highest BCUT2D eigenvalue weighted by Crippen LogP contribution is 2.34.